The number of hydrogen-bond donors (Lipinski definition) is 0. The van der Waals surface area contributed by atoms with Gasteiger partial charge in [0.1, 0.15) is 15.2 Å². The number of allylic oxidation sites excluding steroid dienone is 2. The first-order valence-electron chi connectivity index (χ1n) is 22.8. The number of hydrogen-bond acceptors (Lipinski definition) is 9. The quantitative estimate of drug-likeness (QED) is 0.0683. The van der Waals surface area contributed by atoms with E-state index in [1.807, 2.05) is 54.6 Å². The first kappa shape index (κ1) is 46.7. The standard InChI is InChI=1S/C58H35N5O9S2/c59-61-48-30-28-41-43(55(48)64)20-12-24-53(41)73(67,68)71-51-32-26-38(34-45(51)36-14-4-1-5-15-36)58(47-22-10-11-23-50(47)63(57(58)66)40-18-8-3-9-19-40)39-27-33-52(46(35-39)37-16-6-2-7-17-37)72-74(69,70)54-25-13-21-44-42(54)29-31-49(62-60)56(44)65/h1-35H. The Labute approximate surface area is 423 Å². The van der Waals surface area contributed by atoms with Crippen molar-refractivity contribution in [1.82, 2.24) is 0 Å². The van der Waals surface area contributed by atoms with Crippen LogP contribution in [0.2, 0.25) is 0 Å². The Morgan fingerprint density at radius 1 is 0.446 bits per heavy atom. The smallest absolute Gasteiger partial charge is 0.362 e. The molecule has 1 amide bonds. The number of nitrogens with zero attached hydrogens (tertiary/aromatic N) is 5. The van der Waals surface area contributed by atoms with E-state index in [2.05, 4.69) is 9.58 Å². The molecule has 0 N–H and O–H groups in total. The van der Waals surface area contributed by atoms with E-state index in [1.54, 1.807) is 89.8 Å². The molecule has 0 saturated heterocycles. The lowest BCUT2D eigenvalue weighted by Crippen LogP contribution is -2.40. The van der Waals surface area contributed by atoms with Gasteiger partial charge >= 0.3 is 31.7 Å². The predicted octanol–water partition coefficient (Wildman–Crippen LogP) is 10.3. The van der Waals surface area contributed by atoms with Gasteiger partial charge < -0.3 is 19.4 Å². The second-order valence-corrected chi connectivity index (χ2v) is 20.2. The highest BCUT2D eigenvalue weighted by atomic mass is 32.2. The summed E-state index contributed by atoms with van der Waals surface area (Å²) in [6.07, 6.45) is 5.15. The summed E-state index contributed by atoms with van der Waals surface area (Å²) in [5, 5.41) is 0. The monoisotopic (exact) mass is 1010 g/mol. The van der Waals surface area contributed by atoms with Crippen molar-refractivity contribution in [2.24, 2.45) is 0 Å². The van der Waals surface area contributed by atoms with E-state index in [0.29, 0.717) is 39.2 Å². The maximum absolute atomic E-state index is 16.2. The van der Waals surface area contributed by atoms with Crippen molar-refractivity contribution < 1.29 is 49.2 Å². The lowest BCUT2D eigenvalue weighted by Gasteiger charge is -2.32. The molecule has 8 aromatic rings. The van der Waals surface area contributed by atoms with Crippen LogP contribution in [-0.2, 0) is 30.4 Å². The van der Waals surface area contributed by atoms with Crippen LogP contribution in [0.25, 0.3) is 45.5 Å². The van der Waals surface area contributed by atoms with Crippen LogP contribution < -0.4 is 13.3 Å². The molecule has 0 saturated carbocycles. The van der Waals surface area contributed by atoms with E-state index in [4.69, 9.17) is 8.37 Å². The van der Waals surface area contributed by atoms with Gasteiger partial charge in [-0.1, -0.05) is 133 Å². The number of anilines is 2. The Bertz CT molecular complexity index is 3920. The number of rotatable bonds is 11. The minimum atomic E-state index is -4.70. The van der Waals surface area contributed by atoms with Crippen molar-refractivity contribution in [3.63, 3.8) is 0 Å². The minimum Gasteiger partial charge on any atom is -0.378 e. The van der Waals surface area contributed by atoms with Crippen LogP contribution in [0.1, 0.15) is 48.5 Å². The van der Waals surface area contributed by atoms with Crippen molar-refractivity contribution in [1.29, 1.82) is 0 Å². The first-order chi connectivity index (χ1) is 35.8. The topological polar surface area (TPSA) is 214 Å². The molecule has 0 unspecified atom stereocenters. The lowest BCUT2D eigenvalue weighted by molar-refractivity contribution is -0.120. The van der Waals surface area contributed by atoms with Gasteiger partial charge in [-0.2, -0.15) is 26.4 Å². The number of carbonyl (C=O) groups is 3. The molecule has 0 fully saturated rings. The fourth-order valence-electron chi connectivity index (χ4n) is 9.79. The van der Waals surface area contributed by atoms with Gasteiger partial charge in [-0.15, -0.1) is 0 Å². The third-order valence-corrected chi connectivity index (χ3v) is 15.7. The zero-order valence-electron chi connectivity index (χ0n) is 38.4. The van der Waals surface area contributed by atoms with E-state index in [-0.39, 0.29) is 66.1 Å². The molecule has 8 aromatic carbocycles. The van der Waals surface area contributed by atoms with Gasteiger partial charge in [0.15, 0.2) is 11.5 Å². The molecule has 3 aliphatic rings. The van der Waals surface area contributed by atoms with E-state index in [9.17, 15) is 37.5 Å². The van der Waals surface area contributed by atoms with E-state index in [0.717, 1.165) is 0 Å². The number of ketones is 2. The van der Waals surface area contributed by atoms with Crippen molar-refractivity contribution in [2.45, 2.75) is 15.2 Å². The summed E-state index contributed by atoms with van der Waals surface area (Å²) in [6, 6.07) is 51.9. The largest absolute Gasteiger partial charge is 0.378 e. The van der Waals surface area contributed by atoms with Crippen LogP contribution in [-0.4, -0.2) is 55.3 Å². The first-order valence-corrected chi connectivity index (χ1v) is 25.6. The summed E-state index contributed by atoms with van der Waals surface area (Å²) in [4.78, 5) is 49.4. The summed E-state index contributed by atoms with van der Waals surface area (Å²) in [7, 11) is -9.41. The highest BCUT2D eigenvalue weighted by molar-refractivity contribution is 7.87. The summed E-state index contributed by atoms with van der Waals surface area (Å²) < 4.78 is 69.9. The number of amides is 1. The summed E-state index contributed by atoms with van der Waals surface area (Å²) in [5.41, 5.74) is 20.7. The van der Waals surface area contributed by atoms with Gasteiger partial charge in [0.05, 0.1) is 5.69 Å². The van der Waals surface area contributed by atoms with E-state index in [1.165, 1.54) is 72.8 Å². The normalized spacial score (nSPS) is 15.7. The molecule has 0 aromatic heterocycles. The molecule has 0 radical (unpaired) electrons. The van der Waals surface area contributed by atoms with Crippen molar-refractivity contribution >= 4 is 72.7 Å². The van der Waals surface area contributed by atoms with Gasteiger partial charge in [-0.05, 0) is 89.0 Å². The second-order valence-electron chi connectivity index (χ2n) is 17.2. The van der Waals surface area contributed by atoms with Gasteiger partial charge in [-0.25, -0.2) is 0 Å². The van der Waals surface area contributed by atoms with Crippen molar-refractivity contribution in [3.05, 3.63) is 250 Å². The molecule has 0 bridgehead atoms. The second kappa shape index (κ2) is 18.2. The Morgan fingerprint density at radius 3 is 1.34 bits per heavy atom. The fourth-order valence-corrected chi connectivity index (χ4v) is 12.1. The third kappa shape index (κ3) is 7.62. The molecule has 1 aliphatic heterocycles. The van der Waals surface area contributed by atoms with Gasteiger partial charge in [0, 0.05) is 56.8 Å². The highest BCUT2D eigenvalue weighted by Gasteiger charge is 2.54. The Balaban J connectivity index is 1.12. The van der Waals surface area contributed by atoms with Crippen LogP contribution >= 0.6 is 0 Å². The van der Waals surface area contributed by atoms with Crippen LogP contribution in [0.4, 0.5) is 11.4 Å². The molecular formula is C58H35N5O9S2. The number of fused-ring (bicyclic) bond motifs is 3. The zero-order chi connectivity index (χ0) is 51.4. The molecule has 0 spiro atoms. The van der Waals surface area contributed by atoms with Crippen molar-refractivity contribution in [2.75, 3.05) is 4.90 Å². The van der Waals surface area contributed by atoms with Crippen LogP contribution in [0, 0.1) is 0 Å². The van der Waals surface area contributed by atoms with Gasteiger partial charge in [0.2, 0.25) is 0 Å². The van der Waals surface area contributed by atoms with E-state index >= 15 is 4.79 Å². The van der Waals surface area contributed by atoms with Crippen molar-refractivity contribution in [3.8, 4) is 33.8 Å². The molecule has 2 aliphatic carbocycles. The van der Waals surface area contributed by atoms with Crippen LogP contribution in [0.3, 0.4) is 0 Å². The average molecular weight is 1010 g/mol. The number of benzene rings is 8. The molecule has 358 valence electrons. The number of para-hydroxylation sites is 2. The number of carbonyl (C=O) groups excluding carboxylic acids is 3. The molecule has 74 heavy (non-hydrogen) atoms. The fraction of sp³-hybridized carbons (Fsp3) is 0.0172. The molecule has 0 atom stereocenters. The predicted molar refractivity (Wildman–Crippen MR) is 276 cm³/mol. The third-order valence-electron chi connectivity index (χ3n) is 13.1. The van der Waals surface area contributed by atoms with Gasteiger partial charge in [-0.3, -0.25) is 19.3 Å². The maximum Gasteiger partial charge on any atom is 0.362 e. The summed E-state index contributed by atoms with van der Waals surface area (Å²) in [6.45, 7) is 0. The summed E-state index contributed by atoms with van der Waals surface area (Å²) >= 11 is 0. The van der Waals surface area contributed by atoms with Crippen LogP contribution in [0.5, 0.6) is 11.5 Å². The number of Topliss-reactive ketones (excluding diaryl/α,β-unsaturated/α-hetero) is 2. The zero-order valence-corrected chi connectivity index (χ0v) is 40.1. The van der Waals surface area contributed by atoms with Gasteiger partial charge in [0.25, 0.3) is 17.5 Å². The Morgan fingerprint density at radius 2 is 0.878 bits per heavy atom. The molecule has 1 heterocycles. The molecule has 14 nitrogen and oxygen atoms in total. The Hall–Kier alpha value is -9.69. The van der Waals surface area contributed by atoms with E-state index < -0.39 is 43.1 Å². The average Bonchev–Trinajstić information content (AvgIpc) is 3.70. The molecule has 11 rings (SSSR count). The lowest BCUT2D eigenvalue weighted by atomic mass is 9.69. The molecular weight excluding hydrogens is 975 g/mol. The summed E-state index contributed by atoms with van der Waals surface area (Å²) in [5.74, 6) is -1.98. The molecule has 16 heteroatoms. The minimum absolute atomic E-state index is 0.00351. The highest BCUT2D eigenvalue weighted by Crippen LogP contribution is 2.55. The Kier molecular flexibility index (Phi) is 11.5. The van der Waals surface area contributed by atoms with Crippen LogP contribution in [0.15, 0.2) is 210 Å². The SMILES string of the molecule is [N-]=[N+]=C1C=Cc2c(cccc2S(=O)(=O)Oc2ccc(C3(c4ccc(OS(=O)(=O)c5cccc6c5C=CC(=[N+]=[N-])C6=O)c(-c5ccccc5)c4)C(=O)N(c4ccccc4)c4ccccc43)cc2-c2ccccc2)C1=O. The maximum atomic E-state index is 16.2.